The Kier molecular flexibility index (Phi) is 5.27. The van der Waals surface area contributed by atoms with E-state index in [0.717, 1.165) is 10.0 Å². The van der Waals surface area contributed by atoms with Crippen LogP contribution in [-0.4, -0.2) is 21.5 Å². The molecule has 0 saturated heterocycles. The lowest BCUT2D eigenvalue weighted by Crippen LogP contribution is -2.24. The number of hydrogen-bond donors (Lipinski definition) is 3. The first-order valence-corrected chi connectivity index (χ1v) is 8.97. The van der Waals surface area contributed by atoms with E-state index >= 15 is 0 Å². The van der Waals surface area contributed by atoms with Gasteiger partial charge >= 0.3 is 6.03 Å². The number of nitrogens with one attached hydrogen (secondary N) is 3. The lowest BCUT2D eigenvalue weighted by atomic mass is 10.2. The van der Waals surface area contributed by atoms with E-state index < -0.39 is 10.0 Å². The predicted molar refractivity (Wildman–Crippen MR) is 94.2 cm³/mol. The minimum atomic E-state index is -3.70. The van der Waals surface area contributed by atoms with Crippen LogP contribution in [0.2, 0.25) is 0 Å². The summed E-state index contributed by atoms with van der Waals surface area (Å²) in [6.07, 6.45) is 0. The maximum absolute atomic E-state index is 12.4. The third-order valence-electron chi connectivity index (χ3n) is 3.04. The van der Waals surface area contributed by atoms with Crippen molar-refractivity contribution in [2.24, 2.45) is 0 Å². The lowest BCUT2D eigenvalue weighted by Gasteiger charge is -2.11. The molecule has 23 heavy (non-hydrogen) atoms. The number of amides is 2. The molecule has 2 aromatic carbocycles. The fourth-order valence-corrected chi connectivity index (χ4v) is 3.23. The van der Waals surface area contributed by atoms with Crippen LogP contribution in [-0.2, 0) is 10.0 Å². The fourth-order valence-electron chi connectivity index (χ4n) is 1.85. The first-order chi connectivity index (χ1) is 10.8. The Bertz CT molecular complexity index is 838. The van der Waals surface area contributed by atoms with Gasteiger partial charge in [-0.1, -0.05) is 22.0 Å². The van der Waals surface area contributed by atoms with Crippen LogP contribution >= 0.6 is 15.9 Å². The van der Waals surface area contributed by atoms with E-state index in [1.54, 1.807) is 36.4 Å². The molecule has 0 bridgehead atoms. The second-order valence-electron chi connectivity index (χ2n) is 4.80. The van der Waals surface area contributed by atoms with Crippen LogP contribution in [0, 0.1) is 6.92 Å². The van der Waals surface area contributed by atoms with E-state index in [-0.39, 0.29) is 10.9 Å². The van der Waals surface area contributed by atoms with Gasteiger partial charge in [-0.15, -0.1) is 0 Å². The molecule has 122 valence electrons. The molecule has 0 heterocycles. The van der Waals surface area contributed by atoms with Gasteiger partial charge in [-0.05, 0) is 48.9 Å². The summed E-state index contributed by atoms with van der Waals surface area (Å²) in [6, 6.07) is 10.9. The maximum Gasteiger partial charge on any atom is 0.318 e. The van der Waals surface area contributed by atoms with Crippen LogP contribution < -0.4 is 15.4 Å². The molecule has 2 rings (SSSR count). The third kappa shape index (κ3) is 4.46. The monoisotopic (exact) mass is 397 g/mol. The number of sulfonamides is 1. The summed E-state index contributed by atoms with van der Waals surface area (Å²) >= 11 is 3.34. The molecule has 0 fully saturated rings. The number of halogens is 1. The number of carbonyl (C=O) groups excluding carboxylic acids is 1. The van der Waals surface area contributed by atoms with Gasteiger partial charge in [0.15, 0.2) is 0 Å². The molecule has 8 heteroatoms. The van der Waals surface area contributed by atoms with Crippen LogP contribution in [0.3, 0.4) is 0 Å². The van der Waals surface area contributed by atoms with Crippen LogP contribution in [0.25, 0.3) is 0 Å². The highest BCUT2D eigenvalue weighted by Gasteiger charge is 2.15. The fraction of sp³-hybridized carbons (Fsp3) is 0.133. The van der Waals surface area contributed by atoms with E-state index in [1.807, 2.05) is 6.92 Å². The number of aryl methyl sites for hydroxylation is 1. The topological polar surface area (TPSA) is 87.3 Å². The quantitative estimate of drug-likeness (QED) is 0.739. The Morgan fingerprint density at radius 1 is 1.09 bits per heavy atom. The summed E-state index contributed by atoms with van der Waals surface area (Å²) in [7, 11) is -2.20. The molecule has 0 aliphatic carbocycles. The Labute approximate surface area is 143 Å². The summed E-state index contributed by atoms with van der Waals surface area (Å²) in [5, 5.41) is 5.01. The highest BCUT2D eigenvalue weighted by atomic mass is 79.9. The molecular weight excluding hydrogens is 382 g/mol. The molecule has 2 amide bonds. The second kappa shape index (κ2) is 7.01. The van der Waals surface area contributed by atoms with Gasteiger partial charge < -0.3 is 10.6 Å². The molecule has 3 N–H and O–H groups in total. The van der Waals surface area contributed by atoms with E-state index in [2.05, 4.69) is 31.3 Å². The normalized spacial score (nSPS) is 10.9. The minimum Gasteiger partial charge on any atom is -0.341 e. The molecule has 0 aliphatic rings. The van der Waals surface area contributed by atoms with Gasteiger partial charge in [0.2, 0.25) is 0 Å². The summed E-state index contributed by atoms with van der Waals surface area (Å²) in [4.78, 5) is 11.5. The van der Waals surface area contributed by atoms with Crippen molar-refractivity contribution in [3.8, 4) is 0 Å². The minimum absolute atomic E-state index is 0.169. The van der Waals surface area contributed by atoms with Crippen LogP contribution in [0.5, 0.6) is 0 Å². The lowest BCUT2D eigenvalue weighted by molar-refractivity contribution is 0.254. The zero-order valence-electron chi connectivity index (χ0n) is 12.6. The Balaban J connectivity index is 2.25. The smallest absolute Gasteiger partial charge is 0.318 e. The molecule has 0 aliphatic heterocycles. The molecule has 0 radical (unpaired) electrons. The summed E-state index contributed by atoms with van der Waals surface area (Å²) in [5.41, 5.74) is 1.67. The van der Waals surface area contributed by atoms with Gasteiger partial charge in [0.25, 0.3) is 10.0 Å². The van der Waals surface area contributed by atoms with E-state index in [1.165, 1.54) is 13.1 Å². The average molecular weight is 398 g/mol. The molecule has 0 atom stereocenters. The number of urea groups is 1. The largest absolute Gasteiger partial charge is 0.341 e. The van der Waals surface area contributed by atoms with Crippen molar-refractivity contribution in [3.05, 3.63) is 52.5 Å². The summed E-state index contributed by atoms with van der Waals surface area (Å²) < 4.78 is 28.2. The van der Waals surface area contributed by atoms with Gasteiger partial charge in [0.05, 0.1) is 10.6 Å². The van der Waals surface area contributed by atoms with Crippen molar-refractivity contribution in [1.29, 1.82) is 0 Å². The Morgan fingerprint density at radius 2 is 1.78 bits per heavy atom. The maximum atomic E-state index is 12.4. The zero-order chi connectivity index (χ0) is 17.0. The standard InChI is InChI=1S/C15H16BrN3O3S/c1-10-8-13(6-7-14(10)16)23(21,22)19-12-5-3-4-11(9-12)18-15(20)17-2/h3-9,19H,1-2H3,(H2,17,18,20). The van der Waals surface area contributed by atoms with Crippen molar-refractivity contribution in [2.75, 3.05) is 17.1 Å². The first-order valence-electron chi connectivity index (χ1n) is 6.69. The Hall–Kier alpha value is -2.06. The highest BCUT2D eigenvalue weighted by molar-refractivity contribution is 9.10. The SMILES string of the molecule is CNC(=O)Nc1cccc(NS(=O)(=O)c2ccc(Br)c(C)c2)c1. The molecule has 0 unspecified atom stereocenters. The van der Waals surface area contributed by atoms with Crippen molar-refractivity contribution in [3.63, 3.8) is 0 Å². The molecule has 6 nitrogen and oxygen atoms in total. The highest BCUT2D eigenvalue weighted by Crippen LogP contribution is 2.23. The van der Waals surface area contributed by atoms with Crippen LogP contribution in [0.15, 0.2) is 51.8 Å². The third-order valence-corrected chi connectivity index (χ3v) is 5.31. The molecule has 0 spiro atoms. The second-order valence-corrected chi connectivity index (χ2v) is 7.34. The van der Waals surface area contributed by atoms with Gasteiger partial charge in [-0.3, -0.25) is 4.72 Å². The van der Waals surface area contributed by atoms with Crippen LogP contribution in [0.1, 0.15) is 5.56 Å². The van der Waals surface area contributed by atoms with E-state index in [0.29, 0.717) is 11.4 Å². The predicted octanol–water partition coefficient (Wildman–Crippen LogP) is 3.31. The van der Waals surface area contributed by atoms with Crippen molar-refractivity contribution in [2.45, 2.75) is 11.8 Å². The summed E-state index contributed by atoms with van der Waals surface area (Å²) in [6.45, 7) is 1.82. The van der Waals surface area contributed by atoms with E-state index in [9.17, 15) is 13.2 Å². The first kappa shape index (κ1) is 17.3. The molecule has 2 aromatic rings. The average Bonchev–Trinajstić information content (AvgIpc) is 2.49. The Morgan fingerprint density at radius 3 is 2.43 bits per heavy atom. The molecular formula is C15H16BrN3O3S. The van der Waals surface area contributed by atoms with Crippen molar-refractivity contribution >= 4 is 43.4 Å². The van der Waals surface area contributed by atoms with Gasteiger partial charge in [-0.2, -0.15) is 0 Å². The molecule has 0 aromatic heterocycles. The number of anilines is 2. The number of benzene rings is 2. The van der Waals surface area contributed by atoms with Gasteiger partial charge in [0.1, 0.15) is 0 Å². The van der Waals surface area contributed by atoms with E-state index in [4.69, 9.17) is 0 Å². The van der Waals surface area contributed by atoms with Crippen molar-refractivity contribution in [1.82, 2.24) is 5.32 Å². The van der Waals surface area contributed by atoms with Gasteiger partial charge in [-0.25, -0.2) is 13.2 Å². The van der Waals surface area contributed by atoms with Gasteiger partial charge in [0, 0.05) is 17.2 Å². The zero-order valence-corrected chi connectivity index (χ0v) is 15.0. The summed E-state index contributed by atoms with van der Waals surface area (Å²) in [5.74, 6) is 0. The number of carbonyl (C=O) groups is 1. The van der Waals surface area contributed by atoms with Crippen LogP contribution in [0.4, 0.5) is 16.2 Å². The number of hydrogen-bond acceptors (Lipinski definition) is 3. The molecule has 0 saturated carbocycles. The van der Waals surface area contributed by atoms with Crippen molar-refractivity contribution < 1.29 is 13.2 Å². The number of rotatable bonds is 4.